The van der Waals surface area contributed by atoms with Crippen LogP contribution < -0.4 is 16.8 Å². The molecule has 0 unspecified atom stereocenters. The van der Waals surface area contributed by atoms with E-state index in [2.05, 4.69) is 48.6 Å². The van der Waals surface area contributed by atoms with Crippen molar-refractivity contribution in [3.63, 3.8) is 0 Å². The van der Waals surface area contributed by atoms with Crippen LogP contribution >= 0.6 is 30.1 Å². The van der Waals surface area contributed by atoms with E-state index in [-0.39, 0.29) is 0 Å². The number of aliphatic imine (C=N–C) groups is 2. The third-order valence-corrected chi connectivity index (χ3v) is 5.16. The highest BCUT2D eigenvalue weighted by molar-refractivity contribution is 14.2. The van der Waals surface area contributed by atoms with Gasteiger partial charge in [0.25, 0.3) is 0 Å². The first-order valence-electron chi connectivity index (χ1n) is 6.34. The highest BCUT2D eigenvalue weighted by Gasteiger charge is 2.22. The molecule has 0 amide bonds. The largest absolute Gasteiger partial charge is 0.394 e. The van der Waals surface area contributed by atoms with E-state index in [9.17, 15) is 0 Å². The normalized spacial score (nSPS) is 18.8. The first-order chi connectivity index (χ1) is 10.1. The van der Waals surface area contributed by atoms with Crippen molar-refractivity contribution in [1.29, 1.82) is 0 Å². The average molecular weight is 411 g/mol. The molecule has 3 rings (SSSR count). The molecule has 1 aromatic rings. The van der Waals surface area contributed by atoms with Crippen LogP contribution in [0.3, 0.4) is 0 Å². The van der Waals surface area contributed by atoms with Crippen LogP contribution in [0.2, 0.25) is 0 Å². The molecule has 0 bridgehead atoms. The molecule has 0 atom stereocenters. The van der Waals surface area contributed by atoms with Crippen LogP contribution in [0.15, 0.2) is 44.7 Å². The molecule has 0 saturated carbocycles. The summed E-state index contributed by atoms with van der Waals surface area (Å²) in [6.07, 6.45) is 4.38. The van der Waals surface area contributed by atoms with Gasteiger partial charge in [0.15, 0.2) is 0 Å². The Morgan fingerprint density at radius 1 is 1.43 bits per heavy atom. The average Bonchev–Trinajstić information content (AvgIpc) is 3.29. The summed E-state index contributed by atoms with van der Waals surface area (Å²) < 4.78 is 0. The Morgan fingerprint density at radius 3 is 3.00 bits per heavy atom. The maximum Gasteiger partial charge on any atom is 0.149 e. The van der Waals surface area contributed by atoms with E-state index in [1.807, 2.05) is 6.92 Å². The minimum absolute atomic E-state index is 0.312. The molecule has 0 fully saturated rings. The highest BCUT2D eigenvalue weighted by Crippen LogP contribution is 2.39. The molecule has 1 heterocycles. The van der Waals surface area contributed by atoms with Crippen LogP contribution in [0, 0.1) is 6.92 Å². The van der Waals surface area contributed by atoms with Crippen LogP contribution in [0.5, 0.6) is 0 Å². The molecule has 7 heteroatoms. The van der Waals surface area contributed by atoms with E-state index < -0.39 is 0 Å². The number of nitrogens with zero attached hydrogens (tertiary/aromatic N) is 2. The Balaban J connectivity index is 1.92. The van der Waals surface area contributed by atoms with Gasteiger partial charge < -0.3 is 16.8 Å². The van der Waals surface area contributed by atoms with Crippen LogP contribution in [0.4, 0.5) is 5.69 Å². The van der Waals surface area contributed by atoms with Gasteiger partial charge in [0, 0.05) is 27.6 Å². The summed E-state index contributed by atoms with van der Waals surface area (Å²) in [7, 11) is 1.53. The number of nitrogens with one attached hydrogen (secondary N) is 1. The molecule has 108 valence electrons. The molecule has 21 heavy (non-hydrogen) atoms. The number of allylic oxidation sites excluding steroid dienone is 1. The number of nitrogens with two attached hydrogens (primary N) is 2. The summed E-state index contributed by atoms with van der Waals surface area (Å²) in [5.74, 6) is 0.312. The summed E-state index contributed by atoms with van der Waals surface area (Å²) in [5, 5.41) is 4.08. The van der Waals surface area contributed by atoms with E-state index in [4.69, 9.17) is 11.5 Å². The molecule has 5 N–H and O–H groups in total. The lowest BCUT2D eigenvalue weighted by Crippen LogP contribution is -2.28. The number of halogens is 1. The first-order valence-corrected chi connectivity index (χ1v) is 9.70. The number of fused-ring (bicyclic) bond motifs is 1. The highest BCUT2D eigenvalue weighted by atomic mass is 127. The summed E-state index contributed by atoms with van der Waals surface area (Å²) >= 11 is 2.18. The standard InChI is InChI=1S/C14H14IN5S/c1-7-2-3-8-4-9(8)13(7)20-14(17)12(16)10-5-18-6-11(19-10)21-15/h2-3,5-6,19H,4,16H2,1H3,(H2,17,20). The van der Waals surface area contributed by atoms with Gasteiger partial charge in [-0.25, -0.2) is 4.99 Å². The summed E-state index contributed by atoms with van der Waals surface area (Å²) in [6.45, 7) is 2.03. The minimum atomic E-state index is 0.312. The van der Waals surface area contributed by atoms with Crippen molar-refractivity contribution in [2.75, 3.05) is 0 Å². The zero-order chi connectivity index (χ0) is 15.0. The second kappa shape index (κ2) is 5.72. The molecule has 0 aromatic heterocycles. The van der Waals surface area contributed by atoms with Gasteiger partial charge in [-0.15, -0.1) is 0 Å². The molecule has 1 aromatic carbocycles. The molecule has 1 aliphatic heterocycles. The van der Waals surface area contributed by atoms with Crippen molar-refractivity contribution in [3.8, 4) is 0 Å². The smallest absolute Gasteiger partial charge is 0.149 e. The van der Waals surface area contributed by atoms with Gasteiger partial charge in [0.2, 0.25) is 0 Å². The number of aryl methyl sites for hydroxylation is 1. The number of rotatable bonds is 3. The molecule has 2 aliphatic rings. The fourth-order valence-corrected chi connectivity index (χ4v) is 3.03. The van der Waals surface area contributed by atoms with Crippen LogP contribution in [0.1, 0.15) is 16.7 Å². The maximum absolute atomic E-state index is 6.11. The van der Waals surface area contributed by atoms with Gasteiger partial charge in [0.05, 0.1) is 29.5 Å². The monoisotopic (exact) mass is 411 g/mol. The molecule has 5 nitrogen and oxygen atoms in total. The van der Waals surface area contributed by atoms with Crippen molar-refractivity contribution in [2.24, 2.45) is 21.5 Å². The molecular weight excluding hydrogens is 397 g/mol. The topological polar surface area (TPSA) is 88.8 Å². The van der Waals surface area contributed by atoms with Gasteiger partial charge in [-0.05, 0) is 32.5 Å². The lowest BCUT2D eigenvalue weighted by Gasteiger charge is -2.14. The second-order valence-electron chi connectivity index (χ2n) is 4.84. The van der Waals surface area contributed by atoms with Gasteiger partial charge in [0.1, 0.15) is 10.9 Å². The summed E-state index contributed by atoms with van der Waals surface area (Å²) in [4.78, 5) is 8.66. The van der Waals surface area contributed by atoms with E-state index >= 15 is 0 Å². The van der Waals surface area contributed by atoms with Gasteiger partial charge in [-0.1, -0.05) is 12.1 Å². The van der Waals surface area contributed by atoms with Crippen LogP contribution in [0.25, 0.3) is 0 Å². The fraction of sp³-hybridized carbons (Fsp3) is 0.143. The lowest BCUT2D eigenvalue weighted by molar-refractivity contribution is 1.06. The quantitative estimate of drug-likeness (QED) is 0.412. The summed E-state index contributed by atoms with van der Waals surface area (Å²) in [5.41, 5.74) is 17.9. The van der Waals surface area contributed by atoms with E-state index in [0.717, 1.165) is 22.7 Å². The first kappa shape index (κ1) is 14.5. The van der Waals surface area contributed by atoms with Gasteiger partial charge in [-0.3, -0.25) is 4.99 Å². The van der Waals surface area contributed by atoms with Gasteiger partial charge >= 0.3 is 0 Å². The number of benzene rings is 1. The second-order valence-corrected chi connectivity index (χ2v) is 6.76. The maximum atomic E-state index is 6.11. The zero-order valence-corrected chi connectivity index (χ0v) is 14.3. The van der Waals surface area contributed by atoms with Crippen molar-refractivity contribution >= 4 is 47.9 Å². The third-order valence-electron chi connectivity index (χ3n) is 3.36. The fourth-order valence-electron chi connectivity index (χ4n) is 2.11. The third kappa shape index (κ3) is 2.93. The predicted molar refractivity (Wildman–Crippen MR) is 97.8 cm³/mol. The molecule has 1 aliphatic carbocycles. The number of amidine groups is 1. The lowest BCUT2D eigenvalue weighted by atomic mass is 10.2. The zero-order valence-electron chi connectivity index (χ0n) is 11.4. The van der Waals surface area contributed by atoms with Crippen LogP contribution in [-0.2, 0) is 6.42 Å². The molecule has 0 spiro atoms. The Kier molecular flexibility index (Phi) is 3.94. The Bertz CT molecular complexity index is 729. The minimum Gasteiger partial charge on any atom is -0.394 e. The Hall–Kier alpha value is -1.48. The van der Waals surface area contributed by atoms with Crippen molar-refractivity contribution < 1.29 is 0 Å². The number of hydrogen-bond donors (Lipinski definition) is 3. The Morgan fingerprint density at radius 2 is 2.24 bits per heavy atom. The van der Waals surface area contributed by atoms with Crippen LogP contribution in [-0.4, -0.2) is 12.1 Å². The van der Waals surface area contributed by atoms with Crippen molar-refractivity contribution in [1.82, 2.24) is 5.32 Å². The van der Waals surface area contributed by atoms with Gasteiger partial charge in [-0.2, -0.15) is 0 Å². The SMILES string of the molecule is Cc1ccc2c(c1N=C(N)C(N)=C1C=NC=C(SI)N1)C2. The Labute approximate surface area is 139 Å². The molecule has 0 saturated heterocycles. The predicted octanol–water partition coefficient (Wildman–Crippen LogP) is 2.61. The molecule has 0 radical (unpaired) electrons. The van der Waals surface area contributed by atoms with E-state index in [1.165, 1.54) is 20.1 Å². The number of hydrogen-bond acceptors (Lipinski definition) is 5. The van der Waals surface area contributed by atoms with E-state index in [1.54, 1.807) is 12.4 Å². The summed E-state index contributed by atoms with van der Waals surface area (Å²) in [6, 6.07) is 4.20. The molecular formula is C14H14IN5S. The van der Waals surface area contributed by atoms with E-state index in [0.29, 0.717) is 17.2 Å². The van der Waals surface area contributed by atoms with Crippen molar-refractivity contribution in [3.05, 3.63) is 51.4 Å². The van der Waals surface area contributed by atoms with Crippen molar-refractivity contribution in [2.45, 2.75) is 13.3 Å².